The monoisotopic (exact) mass is 466 g/mol. The van der Waals surface area contributed by atoms with E-state index < -0.39 is 55.6 Å². The highest BCUT2D eigenvalue weighted by atomic mass is 19.1. The molecule has 33 heavy (non-hydrogen) atoms. The molecule has 0 aliphatic heterocycles. The number of Topliss-reactive ketones (excluding diaryl/α,β-unsaturated/α-hetero) is 1. The molecule has 180 valence electrons. The lowest BCUT2D eigenvalue weighted by molar-refractivity contribution is -0.154. The molecule has 2 aromatic rings. The Morgan fingerprint density at radius 3 is 2.42 bits per heavy atom. The molecular formula is C22H28F2N4O5. The number of aromatic nitrogens is 1. The van der Waals surface area contributed by atoms with Gasteiger partial charge < -0.3 is 25.8 Å². The van der Waals surface area contributed by atoms with Crippen LogP contribution in [-0.4, -0.2) is 66.8 Å². The Kier molecular flexibility index (Phi) is 12.0. The Labute approximate surface area is 189 Å². The molecule has 1 aromatic carbocycles. The number of rotatable bonds is 11. The predicted molar refractivity (Wildman–Crippen MR) is 119 cm³/mol. The highest BCUT2D eigenvalue weighted by Gasteiger charge is 2.26. The number of fused-ring (bicyclic) bond motifs is 1. The molecule has 1 atom stereocenters. The van der Waals surface area contributed by atoms with Gasteiger partial charge >= 0.3 is 5.97 Å². The number of nitrogens with one attached hydrogen (secondary N) is 4. The molecule has 2 rings (SSSR count). The lowest BCUT2D eigenvalue weighted by atomic mass is 10.1. The topological polar surface area (TPSA) is 141 Å². The average molecular weight is 466 g/mol. The van der Waals surface area contributed by atoms with Crippen LogP contribution in [-0.2, 0) is 23.9 Å². The van der Waals surface area contributed by atoms with Crippen LogP contribution < -0.4 is 10.6 Å². The van der Waals surface area contributed by atoms with Crippen LogP contribution in [0.1, 0.15) is 25.3 Å². The van der Waals surface area contributed by atoms with Crippen LogP contribution in [0.4, 0.5) is 8.78 Å². The van der Waals surface area contributed by atoms with Crippen LogP contribution in [0.2, 0.25) is 0 Å². The summed E-state index contributed by atoms with van der Waals surface area (Å²) in [6.07, 6.45) is 0.553. The molecule has 0 fully saturated rings. The number of para-hydroxylation sites is 1. The normalized spacial score (nSPS) is 11.2. The molecule has 2 amide bonds. The van der Waals surface area contributed by atoms with Gasteiger partial charge in [0.2, 0.25) is 11.8 Å². The molecule has 0 saturated heterocycles. The number of aryl methyl sites for hydroxylation is 1. The van der Waals surface area contributed by atoms with Gasteiger partial charge in [0.05, 0.1) is 12.8 Å². The quantitative estimate of drug-likeness (QED) is 0.296. The number of H-pyrrole nitrogens is 1. The first-order valence-corrected chi connectivity index (χ1v) is 10.1. The largest absolute Gasteiger partial charge is 0.455 e. The maximum absolute atomic E-state index is 12.4. The van der Waals surface area contributed by atoms with Gasteiger partial charge in [0, 0.05) is 30.4 Å². The zero-order valence-electron chi connectivity index (χ0n) is 18.5. The minimum Gasteiger partial charge on any atom is -0.455 e. The Hall–Kier alpha value is -3.63. The van der Waals surface area contributed by atoms with Crippen molar-refractivity contribution in [1.82, 2.24) is 15.6 Å². The number of benzene rings is 1. The van der Waals surface area contributed by atoms with Gasteiger partial charge in [0.1, 0.15) is 19.4 Å². The number of aromatic amines is 1. The maximum atomic E-state index is 12.4. The van der Waals surface area contributed by atoms with Crippen molar-refractivity contribution in [3.05, 3.63) is 36.0 Å². The van der Waals surface area contributed by atoms with E-state index in [1.807, 2.05) is 12.3 Å². The van der Waals surface area contributed by atoms with E-state index in [1.165, 1.54) is 23.4 Å². The van der Waals surface area contributed by atoms with E-state index in [9.17, 15) is 28.0 Å². The molecule has 0 bridgehead atoms. The first-order valence-electron chi connectivity index (χ1n) is 10.1. The lowest BCUT2D eigenvalue weighted by Gasteiger charge is -2.19. The smallest absolute Gasteiger partial charge is 0.329 e. The van der Waals surface area contributed by atoms with Gasteiger partial charge in [0.25, 0.3) is 0 Å². The van der Waals surface area contributed by atoms with Gasteiger partial charge in [-0.3, -0.25) is 14.4 Å². The molecule has 0 aliphatic rings. The lowest BCUT2D eigenvalue weighted by Crippen LogP contribution is -2.47. The standard InChI is InChI=1S/C13H19F2N3O5.C9H9N/c1-8(19)17-7-12(21)18-11(3-2-9(20)6-16)13(22)23-10(4-14)5-15;1-7-6-10-9-5-3-2-4-8(7)9/h6,10-11,16H,2-5,7H2,1H3,(H,17,19)(H,18,21);2-6,10H,1H3/t11-;/m0./s1. The number of ether oxygens (including phenoxy) is 1. The van der Waals surface area contributed by atoms with E-state index in [1.54, 1.807) is 0 Å². The van der Waals surface area contributed by atoms with Crippen LogP contribution in [0.25, 0.3) is 10.9 Å². The molecule has 0 saturated carbocycles. The summed E-state index contributed by atoms with van der Waals surface area (Å²) in [4.78, 5) is 48.4. The van der Waals surface area contributed by atoms with Crippen LogP contribution >= 0.6 is 0 Å². The van der Waals surface area contributed by atoms with Gasteiger partial charge in [-0.25, -0.2) is 13.6 Å². The van der Waals surface area contributed by atoms with Crippen molar-refractivity contribution in [3.63, 3.8) is 0 Å². The van der Waals surface area contributed by atoms with E-state index in [4.69, 9.17) is 5.41 Å². The van der Waals surface area contributed by atoms with Crippen molar-refractivity contribution in [2.24, 2.45) is 0 Å². The number of carbonyl (C=O) groups is 4. The minimum absolute atomic E-state index is 0.204. The highest BCUT2D eigenvalue weighted by Crippen LogP contribution is 2.15. The van der Waals surface area contributed by atoms with Crippen LogP contribution in [0.3, 0.4) is 0 Å². The second kappa shape index (κ2) is 14.4. The third kappa shape index (κ3) is 10.0. The summed E-state index contributed by atoms with van der Waals surface area (Å²) < 4.78 is 29.3. The van der Waals surface area contributed by atoms with E-state index >= 15 is 0 Å². The van der Waals surface area contributed by atoms with E-state index in [2.05, 4.69) is 45.5 Å². The number of halogens is 2. The second-order valence-corrected chi connectivity index (χ2v) is 7.06. The molecule has 11 heteroatoms. The average Bonchev–Trinajstić information content (AvgIpc) is 3.19. The third-order valence-electron chi connectivity index (χ3n) is 4.38. The summed E-state index contributed by atoms with van der Waals surface area (Å²) in [6, 6.07) is 6.99. The SMILES string of the molecule is CC(=O)NCC(=O)N[C@@H](CCC(=O)C=N)C(=O)OC(CF)CF.Cc1c[nH]c2ccccc12. The van der Waals surface area contributed by atoms with Crippen molar-refractivity contribution in [3.8, 4) is 0 Å². The fraction of sp³-hybridized carbons (Fsp3) is 0.409. The summed E-state index contributed by atoms with van der Waals surface area (Å²) in [7, 11) is 0. The first kappa shape index (κ1) is 27.4. The van der Waals surface area contributed by atoms with E-state index in [-0.39, 0.29) is 12.8 Å². The van der Waals surface area contributed by atoms with Gasteiger partial charge in [-0.15, -0.1) is 0 Å². The fourth-order valence-electron chi connectivity index (χ4n) is 2.63. The Bertz CT molecular complexity index is 959. The van der Waals surface area contributed by atoms with Crippen molar-refractivity contribution < 1.29 is 32.7 Å². The number of ketones is 1. The zero-order chi connectivity index (χ0) is 24.8. The summed E-state index contributed by atoms with van der Waals surface area (Å²) in [5.74, 6) is -2.89. The summed E-state index contributed by atoms with van der Waals surface area (Å²) in [5, 5.41) is 12.5. The highest BCUT2D eigenvalue weighted by molar-refractivity contribution is 6.26. The molecular weight excluding hydrogens is 438 g/mol. The summed E-state index contributed by atoms with van der Waals surface area (Å²) >= 11 is 0. The maximum Gasteiger partial charge on any atom is 0.329 e. The Morgan fingerprint density at radius 1 is 1.18 bits per heavy atom. The molecule has 0 unspecified atom stereocenters. The predicted octanol–water partition coefficient (Wildman–Crippen LogP) is 1.93. The van der Waals surface area contributed by atoms with Gasteiger partial charge in [-0.1, -0.05) is 18.2 Å². The molecule has 9 nitrogen and oxygen atoms in total. The molecule has 1 heterocycles. The van der Waals surface area contributed by atoms with Gasteiger partial charge in [-0.2, -0.15) is 0 Å². The summed E-state index contributed by atoms with van der Waals surface area (Å²) in [5.41, 5.74) is 2.54. The van der Waals surface area contributed by atoms with Crippen LogP contribution in [0.5, 0.6) is 0 Å². The minimum atomic E-state index is -1.59. The summed E-state index contributed by atoms with van der Waals surface area (Å²) in [6.45, 7) is 0.434. The first-order chi connectivity index (χ1) is 15.7. The molecule has 0 radical (unpaired) electrons. The Morgan fingerprint density at radius 2 is 1.85 bits per heavy atom. The van der Waals surface area contributed by atoms with Crippen molar-refractivity contribution in [1.29, 1.82) is 5.41 Å². The molecule has 0 spiro atoms. The van der Waals surface area contributed by atoms with Crippen LogP contribution in [0.15, 0.2) is 30.5 Å². The third-order valence-corrected chi connectivity index (χ3v) is 4.38. The van der Waals surface area contributed by atoms with Crippen molar-refractivity contribution in [2.45, 2.75) is 38.8 Å². The van der Waals surface area contributed by atoms with E-state index in [0.717, 1.165) is 0 Å². The number of carbonyl (C=O) groups excluding carboxylic acids is 4. The van der Waals surface area contributed by atoms with E-state index in [0.29, 0.717) is 6.21 Å². The molecule has 1 aromatic heterocycles. The zero-order valence-corrected chi connectivity index (χ0v) is 18.5. The van der Waals surface area contributed by atoms with Crippen molar-refractivity contribution >= 4 is 40.7 Å². The number of alkyl halides is 2. The van der Waals surface area contributed by atoms with Gasteiger partial charge in [0.15, 0.2) is 11.9 Å². The number of hydrogen-bond donors (Lipinski definition) is 4. The van der Waals surface area contributed by atoms with Crippen molar-refractivity contribution in [2.75, 3.05) is 19.9 Å². The molecule has 4 N–H and O–H groups in total. The number of esters is 1. The molecule has 0 aliphatic carbocycles. The number of hydrogen-bond acceptors (Lipinski definition) is 6. The second-order valence-electron chi connectivity index (χ2n) is 7.06. The van der Waals surface area contributed by atoms with Gasteiger partial charge in [-0.05, 0) is 25.0 Å². The fourth-order valence-corrected chi connectivity index (χ4v) is 2.63. The van der Waals surface area contributed by atoms with Crippen LogP contribution in [0, 0.1) is 12.3 Å². The number of amides is 2. The Balaban J connectivity index is 0.000000442.